The number of rotatable bonds is 4. The van der Waals surface area contributed by atoms with Crippen molar-refractivity contribution in [3.05, 3.63) is 219 Å². The number of hydrogen-bond acceptors (Lipinski definition) is 10. The van der Waals surface area contributed by atoms with Crippen LogP contribution >= 0.6 is 0 Å². The number of aliphatic hydroxyl groups is 1. The van der Waals surface area contributed by atoms with Crippen molar-refractivity contribution < 1.29 is 109 Å². The molecule has 0 bridgehead atoms. The van der Waals surface area contributed by atoms with E-state index in [1.54, 1.807) is 0 Å². The molecule has 12 nitrogen and oxygen atoms in total. The van der Waals surface area contributed by atoms with Crippen molar-refractivity contribution in [2.24, 2.45) is 0 Å². The smallest absolute Gasteiger partial charge is 0.269 e. The zero-order valence-corrected chi connectivity index (χ0v) is 38.7. The summed E-state index contributed by atoms with van der Waals surface area (Å²) < 4.78 is 238. The second-order valence-electron chi connectivity index (χ2n) is 18.1. The van der Waals surface area contributed by atoms with Crippen LogP contribution in [0.5, 0.6) is 0 Å². The fourth-order valence-electron chi connectivity index (χ4n) is 10.5. The fourth-order valence-corrected chi connectivity index (χ4v) is 10.5. The van der Waals surface area contributed by atoms with Gasteiger partial charge in [0.05, 0.1) is 67.2 Å². The summed E-state index contributed by atoms with van der Waals surface area (Å²) in [6.45, 7) is 0. The lowest BCUT2D eigenvalue weighted by atomic mass is 9.91. The van der Waals surface area contributed by atoms with Crippen molar-refractivity contribution in [2.75, 3.05) is 20.4 Å². The van der Waals surface area contributed by atoms with Crippen LogP contribution in [0.3, 0.4) is 0 Å². The second-order valence-corrected chi connectivity index (χ2v) is 18.1. The quantitative estimate of drug-likeness (QED) is 0.0386. The number of carbonyl (C=O) groups is 7. The molecule has 28 heteroatoms. The highest BCUT2D eigenvalue weighted by Gasteiger charge is 2.50. The first-order valence-corrected chi connectivity index (χ1v) is 22.5. The van der Waals surface area contributed by atoms with Crippen LogP contribution in [0.15, 0.2) is 59.0 Å². The van der Waals surface area contributed by atoms with E-state index in [1.165, 1.54) is 0 Å². The highest BCUT2D eigenvalue weighted by atomic mass is 19.2. The second kappa shape index (κ2) is 17.3. The van der Waals surface area contributed by atoms with Gasteiger partial charge in [-0.15, -0.1) is 0 Å². The first kappa shape index (κ1) is 51.7. The van der Waals surface area contributed by atoms with Crippen molar-refractivity contribution >= 4 is 75.9 Å². The number of amides is 4. The van der Waals surface area contributed by atoms with E-state index in [2.05, 4.69) is 10.6 Å². The number of Topliss-reactive ketones (excluding diaryl/α,β-unsaturated/α-hetero) is 3. The van der Waals surface area contributed by atoms with Crippen molar-refractivity contribution in [2.45, 2.75) is 12.5 Å². The van der Waals surface area contributed by atoms with Gasteiger partial charge in [-0.3, -0.25) is 33.6 Å². The molecular weight excluding hydrogens is 1120 g/mol. The molecule has 0 saturated heterocycles. The Bertz CT molecular complexity index is 4270. The first-order valence-electron chi connectivity index (χ1n) is 22.5. The average Bonchev–Trinajstić information content (AvgIpc) is 3.74. The average molecular weight is 1140 g/mol. The van der Waals surface area contributed by atoms with Crippen LogP contribution in [0.4, 0.5) is 93.0 Å². The summed E-state index contributed by atoms with van der Waals surface area (Å²) in [5, 5.41) is 16.0. The Hall–Kier alpha value is -9.99. The molecule has 4 aliphatic heterocycles. The van der Waals surface area contributed by atoms with Crippen LogP contribution < -0.4 is 20.4 Å². The molecule has 81 heavy (non-hydrogen) atoms. The number of hydrogen-bond donors (Lipinski definition) is 3. The van der Waals surface area contributed by atoms with Gasteiger partial charge in [0.15, 0.2) is 98.9 Å². The van der Waals surface area contributed by atoms with Gasteiger partial charge in [0.25, 0.3) is 23.6 Å². The number of allylic oxidation sites excluding steroid dienone is 3. The third-order valence-corrected chi connectivity index (χ3v) is 14.1. The van der Waals surface area contributed by atoms with E-state index in [4.69, 9.17) is 0 Å². The van der Waals surface area contributed by atoms with Gasteiger partial charge < -0.3 is 15.7 Å². The molecule has 6 aromatic rings. The van der Waals surface area contributed by atoms with Gasteiger partial charge in [-0.25, -0.2) is 80.0 Å². The van der Waals surface area contributed by atoms with Crippen LogP contribution in [0.25, 0.3) is 12.2 Å². The number of halogens is 16. The van der Waals surface area contributed by atoms with Gasteiger partial charge in [0, 0.05) is 40.2 Å². The summed E-state index contributed by atoms with van der Waals surface area (Å²) >= 11 is 0. The maximum absolute atomic E-state index is 15.5. The number of fused-ring (bicyclic) bond motifs is 6. The molecule has 4 heterocycles. The molecule has 4 amide bonds. The van der Waals surface area contributed by atoms with E-state index < -0.39 is 259 Å². The Morgan fingerprint density at radius 3 is 1.07 bits per heavy atom. The number of nitrogens with one attached hydrogen (secondary N) is 2. The lowest BCUT2D eigenvalue weighted by Crippen LogP contribution is -2.33. The van der Waals surface area contributed by atoms with Crippen molar-refractivity contribution in [1.82, 2.24) is 0 Å². The highest BCUT2D eigenvalue weighted by Crippen LogP contribution is 2.49. The van der Waals surface area contributed by atoms with Gasteiger partial charge in [-0.1, -0.05) is 12.1 Å². The summed E-state index contributed by atoms with van der Waals surface area (Å²) in [6, 6.07) is 3.77. The number of nitrogens with zero attached hydrogens (tertiary/aromatic N) is 2. The Morgan fingerprint density at radius 2 is 0.691 bits per heavy atom. The number of imide groups is 2. The van der Waals surface area contributed by atoms with Gasteiger partial charge in [0.1, 0.15) is 6.10 Å². The summed E-state index contributed by atoms with van der Waals surface area (Å²) in [5.41, 5.74) is -20.8. The molecule has 1 atom stereocenters. The Morgan fingerprint density at radius 1 is 0.370 bits per heavy atom. The molecule has 6 aromatic carbocycles. The molecule has 1 unspecified atom stereocenters. The van der Waals surface area contributed by atoms with Gasteiger partial charge in [-0.05, 0) is 47.6 Å². The van der Waals surface area contributed by atoms with Gasteiger partial charge in [-0.2, -0.15) is 0 Å². The molecule has 3 N–H and O–H groups in total. The summed E-state index contributed by atoms with van der Waals surface area (Å²) in [4.78, 5) is 97.2. The molecule has 12 rings (SSSR count). The van der Waals surface area contributed by atoms with Crippen LogP contribution in [0, 0.1) is 93.1 Å². The van der Waals surface area contributed by atoms with E-state index in [0.717, 1.165) is 48.6 Å². The lowest BCUT2D eigenvalue weighted by molar-refractivity contribution is 0.0908. The monoisotopic (exact) mass is 1140 g/mol. The maximum atomic E-state index is 15.5. The largest absolute Gasteiger partial charge is 0.383 e. The predicted octanol–water partition coefficient (Wildman–Crippen LogP) is 10.5. The van der Waals surface area contributed by atoms with Crippen molar-refractivity contribution in [3.8, 4) is 0 Å². The molecule has 2 aliphatic carbocycles. The minimum absolute atomic E-state index is 0.0525. The van der Waals surface area contributed by atoms with Crippen LogP contribution in [-0.2, 0) is 6.42 Å². The molecule has 0 saturated carbocycles. The highest BCUT2D eigenvalue weighted by molar-refractivity contribution is 6.41. The maximum Gasteiger partial charge on any atom is 0.269 e. The van der Waals surface area contributed by atoms with E-state index in [1.807, 2.05) is 0 Å². The third-order valence-electron chi connectivity index (χ3n) is 14.1. The number of anilines is 4. The summed E-state index contributed by atoms with van der Waals surface area (Å²) in [7, 11) is 0. The normalized spacial score (nSPS) is 17.6. The minimum atomic E-state index is -2.58. The standard InChI is InChI=1S/C53H14F16N4O8/c54-28-20-21(29(55)37(63)36(28)62)47(75)18(46(20)74)16-7-3-12-14(70-16)5-1-10(44(12)72-50(78)24-25(51(72)79)33(59)41(67)40(66)32(24)58)9-11-2-6-15-13(45(11)73-52(80)26-27(53(73)81)35(61)43(69)42(68)34(26)60)4-8-17(71-15)19-48(76)22-23(49(19)77)31(57)39(65)38(64)30(22)56/h1-8,46,70-71,74H,9H2/b18-16-. The first-order chi connectivity index (χ1) is 38.2. The van der Waals surface area contributed by atoms with E-state index >= 15 is 17.6 Å². The number of benzene rings is 6. The molecule has 0 radical (unpaired) electrons. The Kier molecular flexibility index (Phi) is 11.0. The summed E-state index contributed by atoms with van der Waals surface area (Å²) in [5.74, 6) is -51.3. The molecule has 6 aliphatic rings. The number of aliphatic hydroxyl groups excluding tert-OH is 1. The Balaban J connectivity index is 1.05. The van der Waals surface area contributed by atoms with Crippen molar-refractivity contribution in [1.29, 1.82) is 0 Å². The molecule has 406 valence electrons. The molecule has 0 aromatic heterocycles. The zero-order valence-electron chi connectivity index (χ0n) is 38.7. The number of ketones is 3. The molecule has 0 spiro atoms. The fraction of sp³-hybridized carbons (Fsp3) is 0.0377. The predicted molar refractivity (Wildman–Crippen MR) is 240 cm³/mol. The number of carbonyl (C=O) groups excluding carboxylic acids is 7. The van der Waals surface area contributed by atoms with Crippen LogP contribution in [0.1, 0.15) is 106 Å². The molecule has 0 fully saturated rings. The van der Waals surface area contributed by atoms with E-state index in [9.17, 15) is 91.4 Å². The van der Waals surface area contributed by atoms with Gasteiger partial charge in [0.2, 0.25) is 11.6 Å². The van der Waals surface area contributed by atoms with Crippen molar-refractivity contribution in [3.63, 3.8) is 0 Å². The van der Waals surface area contributed by atoms with Gasteiger partial charge >= 0.3 is 0 Å². The summed E-state index contributed by atoms with van der Waals surface area (Å²) in [6.07, 6.45) is -0.349. The van der Waals surface area contributed by atoms with E-state index in [0.29, 0.717) is 0 Å². The van der Waals surface area contributed by atoms with Crippen LogP contribution in [0.2, 0.25) is 0 Å². The topological polar surface area (TPSA) is 170 Å². The zero-order chi connectivity index (χ0) is 58.3. The molecular formula is C53H14F16N4O8. The minimum Gasteiger partial charge on any atom is -0.383 e. The SMILES string of the molecule is O=C1C(=C2C=Cc3c(ccc(Cc4ccc5c(c4N4C(=O)c6c(F)c(F)c(F)c(F)c6C4=O)C=C/C(=C4/C(=O)c6c(F)c(F)c(F)c(F)c6C4O)N5)c3N3C(=O)c4c(F)c(F)c(F)c(F)c4C3=O)N2)C(=O)c2c(F)c(F)c(F)c(F)c21. The Labute approximate surface area is 435 Å². The third kappa shape index (κ3) is 6.57. The van der Waals surface area contributed by atoms with E-state index in [-0.39, 0.29) is 9.80 Å². The van der Waals surface area contributed by atoms with Crippen LogP contribution in [-0.4, -0.2) is 46.1 Å². The lowest BCUT2D eigenvalue weighted by Gasteiger charge is -2.29.